The van der Waals surface area contributed by atoms with Gasteiger partial charge in [-0.25, -0.2) is 4.39 Å². The van der Waals surface area contributed by atoms with E-state index in [1.165, 1.54) is 0 Å². The van der Waals surface area contributed by atoms with E-state index in [0.29, 0.717) is 18.5 Å². The van der Waals surface area contributed by atoms with Crippen molar-refractivity contribution in [2.75, 3.05) is 0 Å². The van der Waals surface area contributed by atoms with Crippen LogP contribution in [0.3, 0.4) is 0 Å². The van der Waals surface area contributed by atoms with Crippen molar-refractivity contribution < 1.29 is 9.13 Å². The molecule has 0 spiro atoms. The monoisotopic (exact) mass is 226 g/mol. The highest BCUT2D eigenvalue weighted by Gasteiger charge is 2.18. The van der Waals surface area contributed by atoms with Crippen LogP contribution in [-0.2, 0) is 6.61 Å². The van der Waals surface area contributed by atoms with Crippen molar-refractivity contribution in [2.45, 2.75) is 6.61 Å². The van der Waals surface area contributed by atoms with Crippen molar-refractivity contribution in [1.82, 2.24) is 0 Å². The normalized spacial score (nSPS) is 15.7. The summed E-state index contributed by atoms with van der Waals surface area (Å²) in [6.45, 7) is 0.477. The molecule has 0 unspecified atom stereocenters. The summed E-state index contributed by atoms with van der Waals surface area (Å²) in [7, 11) is 0. The van der Waals surface area contributed by atoms with Crippen molar-refractivity contribution in [3.05, 3.63) is 71.6 Å². The maximum Gasteiger partial charge on any atom is 0.127 e. The summed E-state index contributed by atoms with van der Waals surface area (Å²) in [5, 5.41) is 0. The zero-order valence-corrected chi connectivity index (χ0v) is 9.19. The third kappa shape index (κ3) is 1.62. The van der Waals surface area contributed by atoms with Gasteiger partial charge in [-0.3, -0.25) is 0 Å². The van der Waals surface area contributed by atoms with Gasteiger partial charge in [-0.15, -0.1) is 0 Å². The second kappa shape index (κ2) is 4.06. The second-order valence-electron chi connectivity index (χ2n) is 3.96. The summed E-state index contributed by atoms with van der Waals surface area (Å²) in [5.41, 5.74) is 3.31. The highest BCUT2D eigenvalue weighted by Crippen LogP contribution is 2.36. The largest absolute Gasteiger partial charge is 0.488 e. The molecule has 0 fully saturated rings. The molecule has 2 heteroatoms. The van der Waals surface area contributed by atoms with Crippen LogP contribution in [-0.4, -0.2) is 0 Å². The van der Waals surface area contributed by atoms with E-state index >= 15 is 0 Å². The van der Waals surface area contributed by atoms with E-state index in [0.717, 1.165) is 22.4 Å². The molecule has 2 aromatic carbocycles. The Morgan fingerprint density at radius 3 is 2.47 bits per heavy atom. The minimum atomic E-state index is 0.477. The molecule has 1 aliphatic heterocycles. The summed E-state index contributed by atoms with van der Waals surface area (Å²) in [6, 6.07) is 15.3. The lowest BCUT2D eigenvalue weighted by molar-refractivity contribution is 0.307. The van der Waals surface area contributed by atoms with E-state index in [1.807, 2.05) is 48.5 Å². The summed E-state index contributed by atoms with van der Waals surface area (Å²) >= 11 is 0. The van der Waals surface area contributed by atoms with Crippen LogP contribution in [0.25, 0.3) is 5.57 Å². The molecule has 0 amide bonds. The van der Waals surface area contributed by atoms with Gasteiger partial charge in [0, 0.05) is 11.1 Å². The first-order valence-corrected chi connectivity index (χ1v) is 5.51. The lowest BCUT2D eigenvalue weighted by Crippen LogP contribution is -1.94. The van der Waals surface area contributed by atoms with Crippen LogP contribution >= 0.6 is 0 Å². The van der Waals surface area contributed by atoms with Gasteiger partial charge in [0.2, 0.25) is 0 Å². The number of rotatable bonds is 0. The zero-order valence-electron chi connectivity index (χ0n) is 9.19. The number of benzene rings is 2. The molecule has 3 rings (SSSR count). The fourth-order valence-corrected chi connectivity index (χ4v) is 2.14. The molecular weight excluding hydrogens is 215 g/mol. The van der Waals surface area contributed by atoms with E-state index in [-0.39, 0.29) is 0 Å². The second-order valence-corrected chi connectivity index (χ2v) is 3.96. The molecule has 0 N–H and O–H groups in total. The fourth-order valence-electron chi connectivity index (χ4n) is 2.14. The molecule has 0 saturated heterocycles. The highest BCUT2D eigenvalue weighted by molar-refractivity contribution is 5.84. The number of hydrogen-bond acceptors (Lipinski definition) is 1. The van der Waals surface area contributed by atoms with E-state index in [4.69, 9.17) is 4.74 Å². The quantitative estimate of drug-likeness (QED) is 0.661. The molecule has 0 aromatic heterocycles. The van der Waals surface area contributed by atoms with E-state index in [2.05, 4.69) is 0 Å². The van der Waals surface area contributed by atoms with Gasteiger partial charge in [-0.1, -0.05) is 42.5 Å². The predicted molar refractivity (Wildman–Crippen MR) is 65.4 cm³/mol. The fraction of sp³-hybridized carbons (Fsp3) is 0.0667. The van der Waals surface area contributed by atoms with E-state index in [1.54, 1.807) is 0 Å². The summed E-state index contributed by atoms with van der Waals surface area (Å²) in [5.74, 6) is 0.729. The van der Waals surface area contributed by atoms with E-state index < -0.39 is 0 Å². The first kappa shape index (κ1) is 10.1. The Labute approximate surface area is 99.2 Å². The number of hydrogen-bond donors (Lipinski definition) is 0. The number of halogens is 1. The number of ether oxygens (including phenoxy) is 1. The summed E-state index contributed by atoms with van der Waals surface area (Å²) in [4.78, 5) is 0. The molecule has 0 saturated carbocycles. The molecule has 1 nitrogen and oxygen atoms in total. The first-order chi connectivity index (χ1) is 8.40. The molecule has 0 radical (unpaired) electrons. The Balaban J connectivity index is 2.27. The average molecular weight is 226 g/mol. The SMILES string of the molecule is F/C=C1\c2ccccc2COc2ccccc21. The van der Waals surface area contributed by atoms with Gasteiger partial charge in [-0.2, -0.15) is 0 Å². The van der Waals surface area contributed by atoms with Gasteiger partial charge >= 0.3 is 0 Å². The standard InChI is InChI=1S/C15H11FO/c16-9-14-12-6-2-1-5-11(12)10-17-15-8-4-3-7-13(14)15/h1-9H,10H2/b14-9+. The van der Waals surface area contributed by atoms with Crippen LogP contribution < -0.4 is 4.74 Å². The van der Waals surface area contributed by atoms with Crippen molar-refractivity contribution in [3.8, 4) is 5.75 Å². The van der Waals surface area contributed by atoms with Crippen LogP contribution in [0.4, 0.5) is 4.39 Å². The topological polar surface area (TPSA) is 9.23 Å². The molecule has 1 aliphatic rings. The zero-order chi connectivity index (χ0) is 11.7. The van der Waals surface area contributed by atoms with Crippen LogP contribution in [0, 0.1) is 0 Å². The van der Waals surface area contributed by atoms with Crippen molar-refractivity contribution in [2.24, 2.45) is 0 Å². The summed E-state index contributed by atoms with van der Waals surface area (Å²) in [6.07, 6.45) is 0.659. The Hall–Kier alpha value is -2.09. The van der Waals surface area contributed by atoms with Crippen LogP contribution in [0.15, 0.2) is 54.9 Å². The van der Waals surface area contributed by atoms with Crippen molar-refractivity contribution >= 4 is 5.57 Å². The first-order valence-electron chi connectivity index (χ1n) is 5.51. The average Bonchev–Trinajstić information content (AvgIpc) is 2.55. The molecule has 0 aliphatic carbocycles. The van der Waals surface area contributed by atoms with Gasteiger partial charge in [0.05, 0.1) is 6.33 Å². The van der Waals surface area contributed by atoms with Gasteiger partial charge in [-0.05, 0) is 17.2 Å². The molecule has 17 heavy (non-hydrogen) atoms. The Bertz CT molecular complexity index is 537. The van der Waals surface area contributed by atoms with E-state index in [9.17, 15) is 4.39 Å². The van der Waals surface area contributed by atoms with Crippen LogP contribution in [0.2, 0.25) is 0 Å². The smallest absolute Gasteiger partial charge is 0.127 e. The highest BCUT2D eigenvalue weighted by atomic mass is 19.1. The van der Waals surface area contributed by atoms with Gasteiger partial charge in [0.15, 0.2) is 0 Å². The third-order valence-electron chi connectivity index (χ3n) is 2.98. The lowest BCUT2D eigenvalue weighted by Gasteiger charge is -2.07. The Morgan fingerprint density at radius 1 is 0.941 bits per heavy atom. The number of para-hydroxylation sites is 1. The molecule has 2 aromatic rings. The molecular formula is C15H11FO. The molecule has 0 bridgehead atoms. The third-order valence-corrected chi connectivity index (χ3v) is 2.98. The van der Waals surface area contributed by atoms with Gasteiger partial charge < -0.3 is 4.74 Å². The van der Waals surface area contributed by atoms with Crippen molar-refractivity contribution in [1.29, 1.82) is 0 Å². The minimum Gasteiger partial charge on any atom is -0.488 e. The lowest BCUT2D eigenvalue weighted by atomic mass is 9.96. The Kier molecular flexibility index (Phi) is 2.41. The minimum absolute atomic E-state index is 0.477. The van der Waals surface area contributed by atoms with Gasteiger partial charge in [0.1, 0.15) is 12.4 Å². The maximum absolute atomic E-state index is 13.2. The van der Waals surface area contributed by atoms with Crippen LogP contribution in [0.1, 0.15) is 16.7 Å². The molecule has 84 valence electrons. The number of fused-ring (bicyclic) bond motifs is 2. The molecule has 1 heterocycles. The van der Waals surface area contributed by atoms with Gasteiger partial charge in [0.25, 0.3) is 0 Å². The van der Waals surface area contributed by atoms with Crippen LogP contribution in [0.5, 0.6) is 5.75 Å². The summed E-state index contributed by atoms with van der Waals surface area (Å²) < 4.78 is 18.9. The molecule has 0 atom stereocenters. The van der Waals surface area contributed by atoms with Crippen molar-refractivity contribution in [3.63, 3.8) is 0 Å². The Morgan fingerprint density at radius 2 is 1.65 bits per heavy atom. The predicted octanol–water partition coefficient (Wildman–Crippen LogP) is 3.94. The maximum atomic E-state index is 13.2.